The molecule has 1 aromatic heterocycles. The van der Waals surface area contributed by atoms with Crippen molar-refractivity contribution in [1.82, 2.24) is 18.8 Å². The first-order valence-corrected chi connectivity index (χ1v) is 9.05. The van der Waals surface area contributed by atoms with Crippen LogP contribution in [0.15, 0.2) is 41.8 Å². The fourth-order valence-electron chi connectivity index (χ4n) is 2.73. The largest absolute Gasteiger partial charge is 0.336 e. The van der Waals surface area contributed by atoms with Gasteiger partial charge in [-0.2, -0.15) is 4.31 Å². The van der Waals surface area contributed by atoms with Crippen LogP contribution < -0.4 is 0 Å². The van der Waals surface area contributed by atoms with E-state index >= 15 is 0 Å². The van der Waals surface area contributed by atoms with Crippen molar-refractivity contribution >= 4 is 10.0 Å². The highest BCUT2D eigenvalue weighted by Crippen LogP contribution is 2.23. The van der Waals surface area contributed by atoms with Crippen LogP contribution in [0.4, 0.5) is 8.78 Å². The van der Waals surface area contributed by atoms with Crippen molar-refractivity contribution in [2.24, 2.45) is 0 Å². The second-order valence-corrected chi connectivity index (χ2v) is 7.47. The molecule has 0 atom stereocenters. The fraction of sp³-hybridized carbons (Fsp3) is 0.400. The van der Waals surface area contributed by atoms with Gasteiger partial charge >= 0.3 is 0 Å². The molecule has 0 bridgehead atoms. The minimum absolute atomic E-state index is 0.208. The lowest BCUT2D eigenvalue weighted by Crippen LogP contribution is -2.49. The molecule has 0 radical (unpaired) electrons. The number of imidazole rings is 1. The van der Waals surface area contributed by atoms with E-state index in [-0.39, 0.29) is 13.1 Å². The van der Waals surface area contributed by atoms with Crippen LogP contribution in [-0.4, -0.2) is 59.9 Å². The first kappa shape index (κ1) is 17.0. The van der Waals surface area contributed by atoms with Gasteiger partial charge in [-0.1, -0.05) is 6.07 Å². The summed E-state index contributed by atoms with van der Waals surface area (Å²) in [5.74, 6) is -2.12. The molecule has 1 saturated heterocycles. The van der Waals surface area contributed by atoms with E-state index in [1.807, 2.05) is 10.8 Å². The Labute approximate surface area is 139 Å². The molecule has 1 aliphatic heterocycles. The van der Waals surface area contributed by atoms with Crippen molar-refractivity contribution in [3.8, 4) is 0 Å². The van der Waals surface area contributed by atoms with Crippen LogP contribution in [0.5, 0.6) is 0 Å². The Balaban J connectivity index is 1.63. The summed E-state index contributed by atoms with van der Waals surface area (Å²) in [7, 11) is -4.16. The number of rotatable bonds is 5. The smallest absolute Gasteiger partial charge is 0.249 e. The van der Waals surface area contributed by atoms with Crippen LogP contribution >= 0.6 is 0 Å². The van der Waals surface area contributed by atoms with E-state index in [4.69, 9.17) is 0 Å². The molecule has 0 spiro atoms. The van der Waals surface area contributed by atoms with Gasteiger partial charge in [-0.15, -0.1) is 0 Å². The van der Waals surface area contributed by atoms with E-state index < -0.39 is 26.6 Å². The van der Waals surface area contributed by atoms with Crippen LogP contribution in [-0.2, 0) is 16.6 Å². The van der Waals surface area contributed by atoms with Gasteiger partial charge in [0.05, 0.1) is 6.33 Å². The molecule has 9 heteroatoms. The van der Waals surface area contributed by atoms with Gasteiger partial charge in [0, 0.05) is 51.7 Å². The average molecular weight is 356 g/mol. The van der Waals surface area contributed by atoms with Crippen LogP contribution in [0.1, 0.15) is 0 Å². The van der Waals surface area contributed by atoms with Crippen LogP contribution in [0.2, 0.25) is 0 Å². The summed E-state index contributed by atoms with van der Waals surface area (Å²) in [6.45, 7) is 2.97. The lowest BCUT2D eigenvalue weighted by Gasteiger charge is -2.34. The third-order valence-corrected chi connectivity index (χ3v) is 6.03. The molecule has 0 N–H and O–H groups in total. The Kier molecular flexibility index (Phi) is 4.93. The predicted octanol–water partition coefficient (Wildman–Crippen LogP) is 1.17. The third-order valence-electron chi connectivity index (χ3n) is 4.08. The van der Waals surface area contributed by atoms with Crippen molar-refractivity contribution in [3.05, 3.63) is 48.6 Å². The molecular formula is C15H18F2N4O2S. The van der Waals surface area contributed by atoms with E-state index in [2.05, 4.69) is 9.88 Å². The first-order chi connectivity index (χ1) is 11.5. The lowest BCUT2D eigenvalue weighted by molar-refractivity contribution is 0.182. The van der Waals surface area contributed by atoms with E-state index in [0.29, 0.717) is 13.1 Å². The number of sulfonamides is 1. The van der Waals surface area contributed by atoms with Gasteiger partial charge in [0.25, 0.3) is 0 Å². The Morgan fingerprint density at radius 1 is 1.04 bits per heavy atom. The van der Waals surface area contributed by atoms with Crippen molar-refractivity contribution in [2.45, 2.75) is 11.4 Å². The second-order valence-electron chi connectivity index (χ2n) is 5.60. The zero-order valence-electron chi connectivity index (χ0n) is 13.0. The molecule has 0 saturated carbocycles. The molecule has 2 aromatic rings. The number of hydrogen-bond donors (Lipinski definition) is 0. The van der Waals surface area contributed by atoms with E-state index in [9.17, 15) is 17.2 Å². The molecule has 1 aliphatic rings. The van der Waals surface area contributed by atoms with Crippen LogP contribution in [0.25, 0.3) is 0 Å². The molecule has 0 amide bonds. The van der Waals surface area contributed by atoms with Gasteiger partial charge in [0.15, 0.2) is 4.90 Å². The van der Waals surface area contributed by atoms with Crippen molar-refractivity contribution in [3.63, 3.8) is 0 Å². The highest BCUT2D eigenvalue weighted by Gasteiger charge is 2.32. The second kappa shape index (κ2) is 6.96. The van der Waals surface area contributed by atoms with Gasteiger partial charge < -0.3 is 4.57 Å². The average Bonchev–Trinajstić information content (AvgIpc) is 3.06. The summed E-state index contributed by atoms with van der Waals surface area (Å²) in [5.41, 5.74) is 0. The maximum absolute atomic E-state index is 13.8. The lowest BCUT2D eigenvalue weighted by atomic mass is 10.3. The first-order valence-electron chi connectivity index (χ1n) is 7.61. The standard InChI is InChI=1S/C15H18F2N4O2S/c16-13-2-1-3-14(17)15(13)24(22,23)21-10-8-19(9-11-21)6-7-20-5-4-18-12-20/h1-5,12H,6-11H2. The molecule has 1 aromatic carbocycles. The Bertz CT molecular complexity index is 768. The number of nitrogens with zero attached hydrogens (tertiary/aromatic N) is 4. The topological polar surface area (TPSA) is 58.4 Å². The van der Waals surface area contributed by atoms with Crippen molar-refractivity contribution < 1.29 is 17.2 Å². The van der Waals surface area contributed by atoms with E-state index in [1.165, 1.54) is 0 Å². The van der Waals surface area contributed by atoms with Crippen LogP contribution in [0.3, 0.4) is 0 Å². The van der Waals surface area contributed by atoms with Gasteiger partial charge in [0.1, 0.15) is 11.6 Å². The molecule has 3 rings (SSSR count). The minimum atomic E-state index is -4.16. The number of benzene rings is 1. The maximum atomic E-state index is 13.8. The normalized spacial score (nSPS) is 17.2. The summed E-state index contributed by atoms with van der Waals surface area (Å²) >= 11 is 0. The van der Waals surface area contributed by atoms with E-state index in [0.717, 1.165) is 35.6 Å². The quantitative estimate of drug-likeness (QED) is 0.807. The van der Waals surface area contributed by atoms with Crippen LogP contribution in [0, 0.1) is 11.6 Å². The predicted molar refractivity (Wildman–Crippen MR) is 83.8 cm³/mol. The summed E-state index contributed by atoms with van der Waals surface area (Å²) in [4.78, 5) is 5.22. The fourth-order valence-corrected chi connectivity index (χ4v) is 4.26. The molecule has 0 unspecified atom stereocenters. The summed E-state index contributed by atoms with van der Waals surface area (Å²) in [6.07, 6.45) is 5.29. The van der Waals surface area contributed by atoms with Crippen molar-refractivity contribution in [2.75, 3.05) is 32.7 Å². The maximum Gasteiger partial charge on any atom is 0.249 e. The molecular weight excluding hydrogens is 338 g/mol. The van der Waals surface area contributed by atoms with Crippen molar-refractivity contribution in [1.29, 1.82) is 0 Å². The SMILES string of the molecule is O=S(=O)(c1c(F)cccc1F)N1CCN(CCn2ccnc2)CC1. The Morgan fingerprint density at radius 2 is 1.71 bits per heavy atom. The zero-order chi connectivity index (χ0) is 17.2. The summed E-state index contributed by atoms with van der Waals surface area (Å²) in [6, 6.07) is 3.06. The Hall–Kier alpha value is -1.84. The van der Waals surface area contributed by atoms with Gasteiger partial charge in [-0.25, -0.2) is 22.2 Å². The van der Waals surface area contributed by atoms with Gasteiger partial charge in [-0.3, -0.25) is 4.90 Å². The minimum Gasteiger partial charge on any atom is -0.336 e. The van der Waals surface area contributed by atoms with Gasteiger partial charge in [-0.05, 0) is 12.1 Å². The Morgan fingerprint density at radius 3 is 2.29 bits per heavy atom. The number of aromatic nitrogens is 2. The number of piperazine rings is 1. The summed E-state index contributed by atoms with van der Waals surface area (Å²) in [5, 5.41) is 0. The highest BCUT2D eigenvalue weighted by atomic mass is 32.2. The molecule has 130 valence electrons. The highest BCUT2D eigenvalue weighted by molar-refractivity contribution is 7.89. The van der Waals surface area contributed by atoms with Gasteiger partial charge in [0.2, 0.25) is 10.0 Å². The molecule has 0 aliphatic carbocycles. The molecule has 2 heterocycles. The third kappa shape index (κ3) is 3.47. The molecule has 24 heavy (non-hydrogen) atoms. The zero-order valence-corrected chi connectivity index (χ0v) is 13.8. The monoisotopic (exact) mass is 356 g/mol. The van der Waals surface area contributed by atoms with E-state index in [1.54, 1.807) is 12.5 Å². The molecule has 1 fully saturated rings. The summed E-state index contributed by atoms with van der Waals surface area (Å²) < 4.78 is 55.7. The number of halogens is 2. The number of hydrogen-bond acceptors (Lipinski definition) is 4. The molecule has 6 nitrogen and oxygen atoms in total.